The van der Waals surface area contributed by atoms with E-state index in [0.29, 0.717) is 5.69 Å². The predicted octanol–water partition coefficient (Wildman–Crippen LogP) is 2.81. The van der Waals surface area contributed by atoms with Crippen molar-refractivity contribution in [2.75, 3.05) is 5.32 Å². The topological polar surface area (TPSA) is 73.0 Å². The van der Waals surface area contributed by atoms with Crippen LogP contribution in [-0.2, 0) is 7.05 Å². The first-order valence-electron chi connectivity index (χ1n) is 5.99. The second kappa shape index (κ2) is 5.09. The molecule has 1 aromatic carbocycles. The Morgan fingerprint density at radius 1 is 1.42 bits per heavy atom. The van der Waals surface area contributed by atoms with Crippen LogP contribution in [-0.4, -0.2) is 14.7 Å². The van der Waals surface area contributed by atoms with Crippen molar-refractivity contribution in [3.05, 3.63) is 51.8 Å². The average Bonchev–Trinajstić information content (AvgIpc) is 2.69. The van der Waals surface area contributed by atoms with Gasteiger partial charge in [-0.2, -0.15) is 5.10 Å². The molecule has 0 amide bonds. The van der Waals surface area contributed by atoms with Gasteiger partial charge in [0.2, 0.25) is 0 Å². The van der Waals surface area contributed by atoms with E-state index in [1.165, 1.54) is 6.07 Å². The summed E-state index contributed by atoms with van der Waals surface area (Å²) < 4.78 is 1.74. The smallest absolute Gasteiger partial charge is 0.292 e. The number of aromatic nitrogens is 2. The summed E-state index contributed by atoms with van der Waals surface area (Å²) in [7, 11) is 1.86. The highest BCUT2D eigenvalue weighted by Gasteiger charge is 2.17. The van der Waals surface area contributed by atoms with E-state index in [1.54, 1.807) is 22.9 Å². The molecule has 2 aromatic rings. The van der Waals surface area contributed by atoms with Gasteiger partial charge in [0.1, 0.15) is 5.69 Å². The van der Waals surface area contributed by atoms with Gasteiger partial charge >= 0.3 is 0 Å². The van der Waals surface area contributed by atoms with Gasteiger partial charge in [-0.05, 0) is 19.9 Å². The number of nitro groups is 1. The number of nitro benzene ring substituents is 1. The highest BCUT2D eigenvalue weighted by atomic mass is 16.6. The normalized spacial score (nSPS) is 12.2. The number of rotatable bonds is 4. The van der Waals surface area contributed by atoms with Gasteiger partial charge in [0.05, 0.1) is 16.7 Å². The zero-order valence-electron chi connectivity index (χ0n) is 11.1. The zero-order valence-corrected chi connectivity index (χ0v) is 11.1. The minimum Gasteiger partial charge on any atom is -0.373 e. The van der Waals surface area contributed by atoms with Crippen molar-refractivity contribution in [2.45, 2.75) is 19.9 Å². The molecule has 0 spiro atoms. The van der Waals surface area contributed by atoms with E-state index < -0.39 is 0 Å². The summed E-state index contributed by atoms with van der Waals surface area (Å²) in [5, 5.41) is 18.4. The van der Waals surface area contributed by atoms with Gasteiger partial charge in [-0.15, -0.1) is 0 Å². The molecular weight excluding hydrogens is 244 g/mol. The molecule has 0 aliphatic heterocycles. The Morgan fingerprint density at radius 2 is 2.11 bits per heavy atom. The third-order valence-electron chi connectivity index (χ3n) is 2.99. The van der Waals surface area contributed by atoms with E-state index in [9.17, 15) is 10.1 Å². The Balaban J connectivity index is 2.26. The molecule has 1 aromatic heterocycles. The Kier molecular flexibility index (Phi) is 3.50. The Labute approximate surface area is 111 Å². The lowest BCUT2D eigenvalue weighted by Crippen LogP contribution is -2.08. The molecule has 1 atom stereocenters. The van der Waals surface area contributed by atoms with Gasteiger partial charge in [0.15, 0.2) is 0 Å². The number of anilines is 1. The fraction of sp³-hybridized carbons (Fsp3) is 0.308. The third kappa shape index (κ3) is 2.73. The van der Waals surface area contributed by atoms with Crippen LogP contribution in [0.25, 0.3) is 0 Å². The molecule has 2 rings (SSSR count). The van der Waals surface area contributed by atoms with Crippen molar-refractivity contribution in [1.29, 1.82) is 0 Å². The number of nitrogens with one attached hydrogen (secondary N) is 1. The molecule has 1 N–H and O–H groups in total. The van der Waals surface area contributed by atoms with Crippen LogP contribution in [0.5, 0.6) is 0 Å². The summed E-state index contributed by atoms with van der Waals surface area (Å²) in [5.74, 6) is 0. The van der Waals surface area contributed by atoms with E-state index in [-0.39, 0.29) is 16.7 Å². The highest BCUT2D eigenvalue weighted by Crippen LogP contribution is 2.28. The number of hydrogen-bond donors (Lipinski definition) is 1. The second-order valence-corrected chi connectivity index (χ2v) is 4.48. The molecule has 0 aliphatic carbocycles. The van der Waals surface area contributed by atoms with E-state index in [0.717, 1.165) is 11.3 Å². The first kappa shape index (κ1) is 13.1. The van der Waals surface area contributed by atoms with E-state index in [4.69, 9.17) is 0 Å². The molecule has 100 valence electrons. The number of para-hydroxylation sites is 2. The van der Waals surface area contributed by atoms with Crippen LogP contribution in [0.15, 0.2) is 30.5 Å². The lowest BCUT2D eigenvalue weighted by molar-refractivity contribution is -0.384. The Morgan fingerprint density at radius 3 is 2.68 bits per heavy atom. The number of benzene rings is 1. The van der Waals surface area contributed by atoms with E-state index in [1.807, 2.05) is 27.1 Å². The summed E-state index contributed by atoms with van der Waals surface area (Å²) >= 11 is 0. The average molecular weight is 260 g/mol. The number of aryl methyl sites for hydroxylation is 2. The van der Waals surface area contributed by atoms with Gasteiger partial charge in [-0.1, -0.05) is 12.1 Å². The fourth-order valence-corrected chi connectivity index (χ4v) is 2.11. The molecular formula is C13H16N4O2. The van der Waals surface area contributed by atoms with Crippen LogP contribution < -0.4 is 5.32 Å². The summed E-state index contributed by atoms with van der Waals surface area (Å²) in [4.78, 5) is 10.6. The molecule has 1 unspecified atom stereocenters. The minimum atomic E-state index is -0.384. The van der Waals surface area contributed by atoms with Crippen LogP contribution in [0.3, 0.4) is 0 Å². The molecule has 0 saturated carbocycles. The lowest BCUT2D eigenvalue weighted by Gasteiger charge is -2.14. The summed E-state index contributed by atoms with van der Waals surface area (Å²) in [6.07, 6.45) is 1.92. The lowest BCUT2D eigenvalue weighted by atomic mass is 10.1. The maximum absolute atomic E-state index is 11.0. The van der Waals surface area contributed by atoms with Crippen LogP contribution in [0.4, 0.5) is 11.4 Å². The summed E-state index contributed by atoms with van der Waals surface area (Å²) in [6.45, 7) is 3.88. The molecule has 0 bridgehead atoms. The van der Waals surface area contributed by atoms with E-state index in [2.05, 4.69) is 10.4 Å². The van der Waals surface area contributed by atoms with Crippen LogP contribution in [0, 0.1) is 17.0 Å². The van der Waals surface area contributed by atoms with Gasteiger partial charge in [-0.3, -0.25) is 14.8 Å². The third-order valence-corrected chi connectivity index (χ3v) is 2.99. The van der Waals surface area contributed by atoms with Gasteiger partial charge in [0.25, 0.3) is 5.69 Å². The molecule has 1 heterocycles. The van der Waals surface area contributed by atoms with Crippen molar-refractivity contribution in [1.82, 2.24) is 9.78 Å². The zero-order chi connectivity index (χ0) is 14.0. The highest BCUT2D eigenvalue weighted by molar-refractivity contribution is 5.62. The van der Waals surface area contributed by atoms with Crippen molar-refractivity contribution in [3.63, 3.8) is 0 Å². The minimum absolute atomic E-state index is 0.0465. The maximum atomic E-state index is 11.0. The van der Waals surface area contributed by atoms with Crippen LogP contribution in [0.1, 0.15) is 24.2 Å². The van der Waals surface area contributed by atoms with Crippen LogP contribution >= 0.6 is 0 Å². The van der Waals surface area contributed by atoms with E-state index >= 15 is 0 Å². The molecule has 0 fully saturated rings. The molecule has 6 heteroatoms. The predicted molar refractivity (Wildman–Crippen MR) is 73.1 cm³/mol. The van der Waals surface area contributed by atoms with Crippen molar-refractivity contribution in [3.8, 4) is 0 Å². The molecule has 0 aliphatic rings. The summed E-state index contributed by atoms with van der Waals surface area (Å²) in [6, 6.07) is 6.59. The molecule has 0 saturated heterocycles. The van der Waals surface area contributed by atoms with Crippen molar-refractivity contribution in [2.24, 2.45) is 7.05 Å². The van der Waals surface area contributed by atoms with Gasteiger partial charge in [-0.25, -0.2) is 0 Å². The van der Waals surface area contributed by atoms with Crippen LogP contribution in [0.2, 0.25) is 0 Å². The number of hydrogen-bond acceptors (Lipinski definition) is 4. The van der Waals surface area contributed by atoms with Gasteiger partial charge < -0.3 is 5.32 Å². The first-order valence-corrected chi connectivity index (χ1v) is 5.99. The second-order valence-electron chi connectivity index (χ2n) is 4.48. The standard InChI is InChI=1S/C13H16N4O2/c1-9(11-8-16(3)15-10(11)2)14-12-6-4-5-7-13(12)17(18)19/h4-9,14H,1-3H3. The maximum Gasteiger partial charge on any atom is 0.292 e. The van der Waals surface area contributed by atoms with Gasteiger partial charge in [0, 0.05) is 24.9 Å². The SMILES string of the molecule is Cc1nn(C)cc1C(C)Nc1ccccc1[N+](=O)[O-]. The molecule has 0 radical (unpaired) electrons. The fourth-order valence-electron chi connectivity index (χ4n) is 2.11. The Hall–Kier alpha value is -2.37. The Bertz CT molecular complexity index is 606. The monoisotopic (exact) mass is 260 g/mol. The largest absolute Gasteiger partial charge is 0.373 e. The van der Waals surface area contributed by atoms with Crippen molar-refractivity contribution < 1.29 is 4.92 Å². The number of nitrogens with zero attached hydrogens (tertiary/aromatic N) is 3. The molecule has 6 nitrogen and oxygen atoms in total. The first-order chi connectivity index (χ1) is 8.99. The summed E-state index contributed by atoms with van der Waals surface area (Å²) in [5.41, 5.74) is 2.54. The molecule has 19 heavy (non-hydrogen) atoms. The van der Waals surface area contributed by atoms with Crippen molar-refractivity contribution >= 4 is 11.4 Å². The quantitative estimate of drug-likeness (QED) is 0.677.